The molecule has 0 aromatic heterocycles. The Hall–Kier alpha value is -0.870. The Labute approximate surface area is 110 Å². The molecule has 94 valence electrons. The molecule has 17 heavy (non-hydrogen) atoms. The van der Waals surface area contributed by atoms with Gasteiger partial charge in [0.1, 0.15) is 0 Å². The summed E-state index contributed by atoms with van der Waals surface area (Å²) in [6, 6.07) is 7.16. The van der Waals surface area contributed by atoms with E-state index in [0.717, 1.165) is 16.5 Å². The molecule has 0 aliphatic rings. The van der Waals surface area contributed by atoms with E-state index in [2.05, 4.69) is 21.2 Å². The second-order valence-electron chi connectivity index (χ2n) is 4.10. The molecule has 0 bridgehead atoms. The van der Waals surface area contributed by atoms with E-state index in [-0.39, 0.29) is 11.9 Å². The van der Waals surface area contributed by atoms with Crippen LogP contribution < -0.4 is 5.32 Å². The molecule has 1 aromatic carbocycles. The molecule has 0 spiro atoms. The van der Waals surface area contributed by atoms with Crippen LogP contribution in [0.3, 0.4) is 0 Å². The van der Waals surface area contributed by atoms with Gasteiger partial charge in [0.2, 0.25) is 5.91 Å². The lowest BCUT2D eigenvalue weighted by atomic mass is 10.0. The first-order chi connectivity index (χ1) is 8.04. The Balaban J connectivity index is 2.60. The second-order valence-corrected chi connectivity index (χ2v) is 5.02. The highest BCUT2D eigenvalue weighted by molar-refractivity contribution is 9.10. The van der Waals surface area contributed by atoms with E-state index in [1.807, 2.05) is 31.2 Å². The van der Waals surface area contributed by atoms with Crippen LogP contribution in [0.2, 0.25) is 0 Å². The van der Waals surface area contributed by atoms with Crippen LogP contribution in [0.25, 0.3) is 0 Å². The van der Waals surface area contributed by atoms with E-state index in [1.54, 1.807) is 6.92 Å². The van der Waals surface area contributed by atoms with Crippen LogP contribution >= 0.6 is 15.9 Å². The minimum atomic E-state index is -0.677. The van der Waals surface area contributed by atoms with E-state index in [4.69, 9.17) is 0 Å². The minimum Gasteiger partial charge on any atom is -0.386 e. The first-order valence-electron chi connectivity index (χ1n) is 5.77. The molecule has 0 saturated heterocycles. The quantitative estimate of drug-likeness (QED) is 0.878. The minimum absolute atomic E-state index is 0.0174. The lowest BCUT2D eigenvalue weighted by Gasteiger charge is -2.20. The molecule has 1 rings (SSSR count). The molecule has 0 radical (unpaired) electrons. The Morgan fingerprint density at radius 3 is 2.53 bits per heavy atom. The maximum absolute atomic E-state index is 11.4. The van der Waals surface area contributed by atoms with Crippen LogP contribution in [-0.4, -0.2) is 17.1 Å². The predicted octanol–water partition coefficient (Wildman–Crippen LogP) is 2.79. The summed E-state index contributed by atoms with van der Waals surface area (Å²) in [5.41, 5.74) is 0.803. The van der Waals surface area contributed by atoms with Crippen LogP contribution in [0, 0.1) is 0 Å². The number of rotatable bonds is 5. The fourth-order valence-electron chi connectivity index (χ4n) is 1.58. The maximum Gasteiger partial charge on any atom is 0.220 e. The molecule has 2 atom stereocenters. The lowest BCUT2D eigenvalue weighted by molar-refractivity contribution is -0.122. The van der Waals surface area contributed by atoms with Crippen molar-refractivity contribution in [2.45, 2.75) is 38.8 Å². The van der Waals surface area contributed by atoms with Gasteiger partial charge < -0.3 is 10.4 Å². The van der Waals surface area contributed by atoms with E-state index in [0.29, 0.717) is 6.42 Å². The highest BCUT2D eigenvalue weighted by atomic mass is 79.9. The molecule has 3 nitrogen and oxygen atoms in total. The molecule has 0 aliphatic heterocycles. The predicted molar refractivity (Wildman–Crippen MR) is 71.6 cm³/mol. The summed E-state index contributed by atoms with van der Waals surface area (Å²) < 4.78 is 0.969. The van der Waals surface area contributed by atoms with Gasteiger partial charge >= 0.3 is 0 Å². The van der Waals surface area contributed by atoms with Crippen LogP contribution in [0.15, 0.2) is 28.7 Å². The zero-order chi connectivity index (χ0) is 12.8. The van der Waals surface area contributed by atoms with Gasteiger partial charge in [-0.1, -0.05) is 35.0 Å². The third-order valence-corrected chi connectivity index (χ3v) is 3.08. The Morgan fingerprint density at radius 1 is 1.41 bits per heavy atom. The average molecular weight is 300 g/mol. The molecular weight excluding hydrogens is 282 g/mol. The van der Waals surface area contributed by atoms with Crippen molar-refractivity contribution >= 4 is 21.8 Å². The van der Waals surface area contributed by atoms with Crippen molar-refractivity contribution in [3.63, 3.8) is 0 Å². The van der Waals surface area contributed by atoms with Crippen LogP contribution in [0.1, 0.15) is 38.4 Å². The van der Waals surface area contributed by atoms with E-state index in [1.165, 1.54) is 0 Å². The molecule has 2 unspecified atom stereocenters. The number of amides is 1. The molecule has 0 aliphatic carbocycles. The second kappa shape index (κ2) is 6.77. The first kappa shape index (κ1) is 14.2. The molecule has 1 amide bonds. The molecule has 0 heterocycles. The fourth-order valence-corrected chi connectivity index (χ4v) is 1.85. The summed E-state index contributed by atoms with van der Waals surface area (Å²) in [5, 5.41) is 12.9. The van der Waals surface area contributed by atoms with Gasteiger partial charge in [0, 0.05) is 10.9 Å². The summed E-state index contributed by atoms with van der Waals surface area (Å²) in [5.74, 6) is -0.0174. The SMILES string of the molecule is CCCC(=O)NC(C)C(O)c1ccc(Br)cc1. The largest absolute Gasteiger partial charge is 0.386 e. The van der Waals surface area contributed by atoms with E-state index >= 15 is 0 Å². The van der Waals surface area contributed by atoms with Gasteiger partial charge in [0.05, 0.1) is 12.1 Å². The van der Waals surface area contributed by atoms with Crippen LogP contribution in [0.4, 0.5) is 0 Å². The van der Waals surface area contributed by atoms with Crippen molar-refractivity contribution < 1.29 is 9.90 Å². The number of aliphatic hydroxyl groups is 1. The Bertz CT molecular complexity index is 364. The number of carbonyl (C=O) groups excluding carboxylic acids is 1. The van der Waals surface area contributed by atoms with Gasteiger partial charge in [0.25, 0.3) is 0 Å². The fraction of sp³-hybridized carbons (Fsp3) is 0.462. The lowest BCUT2D eigenvalue weighted by Crippen LogP contribution is -2.36. The van der Waals surface area contributed by atoms with Gasteiger partial charge in [0.15, 0.2) is 0 Å². The highest BCUT2D eigenvalue weighted by Crippen LogP contribution is 2.19. The zero-order valence-electron chi connectivity index (χ0n) is 10.1. The smallest absolute Gasteiger partial charge is 0.220 e. The van der Waals surface area contributed by atoms with Gasteiger partial charge in [-0.15, -0.1) is 0 Å². The van der Waals surface area contributed by atoms with Crippen molar-refractivity contribution in [3.05, 3.63) is 34.3 Å². The standard InChI is InChI=1S/C13H18BrNO2/c1-3-4-12(16)15-9(2)13(17)10-5-7-11(14)8-6-10/h5-9,13,17H,3-4H2,1-2H3,(H,15,16). The number of benzene rings is 1. The van der Waals surface area contributed by atoms with Crippen molar-refractivity contribution in [3.8, 4) is 0 Å². The van der Waals surface area contributed by atoms with E-state index < -0.39 is 6.10 Å². The number of nitrogens with one attached hydrogen (secondary N) is 1. The third-order valence-electron chi connectivity index (χ3n) is 2.55. The van der Waals surface area contributed by atoms with Crippen molar-refractivity contribution in [1.82, 2.24) is 5.32 Å². The number of halogens is 1. The van der Waals surface area contributed by atoms with Gasteiger partial charge in [-0.3, -0.25) is 4.79 Å². The van der Waals surface area contributed by atoms with Crippen LogP contribution in [-0.2, 0) is 4.79 Å². The van der Waals surface area contributed by atoms with Crippen molar-refractivity contribution in [2.24, 2.45) is 0 Å². The number of hydrogen-bond donors (Lipinski definition) is 2. The molecule has 4 heteroatoms. The Kier molecular flexibility index (Phi) is 5.65. The molecular formula is C13H18BrNO2. The molecule has 1 aromatic rings. The Morgan fingerprint density at radius 2 is 2.00 bits per heavy atom. The van der Waals surface area contributed by atoms with Crippen LogP contribution in [0.5, 0.6) is 0 Å². The van der Waals surface area contributed by atoms with Crippen molar-refractivity contribution in [1.29, 1.82) is 0 Å². The topological polar surface area (TPSA) is 49.3 Å². The monoisotopic (exact) mass is 299 g/mol. The van der Waals surface area contributed by atoms with Crippen molar-refractivity contribution in [2.75, 3.05) is 0 Å². The normalized spacial score (nSPS) is 14.1. The van der Waals surface area contributed by atoms with Gasteiger partial charge in [-0.25, -0.2) is 0 Å². The molecule has 0 saturated carbocycles. The van der Waals surface area contributed by atoms with Gasteiger partial charge in [-0.2, -0.15) is 0 Å². The number of hydrogen-bond acceptors (Lipinski definition) is 2. The number of aliphatic hydroxyl groups excluding tert-OH is 1. The maximum atomic E-state index is 11.4. The highest BCUT2D eigenvalue weighted by Gasteiger charge is 2.17. The zero-order valence-corrected chi connectivity index (χ0v) is 11.7. The summed E-state index contributed by atoms with van der Waals surface area (Å²) in [7, 11) is 0. The summed E-state index contributed by atoms with van der Waals surface area (Å²) in [6.45, 7) is 3.76. The average Bonchev–Trinajstić information content (AvgIpc) is 2.29. The molecule has 0 fully saturated rings. The summed E-state index contributed by atoms with van der Waals surface area (Å²) in [6.07, 6.45) is 0.633. The summed E-state index contributed by atoms with van der Waals surface area (Å²) >= 11 is 3.34. The summed E-state index contributed by atoms with van der Waals surface area (Å²) in [4.78, 5) is 11.4. The van der Waals surface area contributed by atoms with Gasteiger partial charge in [-0.05, 0) is 31.0 Å². The third kappa shape index (κ3) is 4.48. The molecule has 2 N–H and O–H groups in total. The number of carbonyl (C=O) groups is 1. The first-order valence-corrected chi connectivity index (χ1v) is 6.56. The van der Waals surface area contributed by atoms with E-state index in [9.17, 15) is 9.90 Å².